The summed E-state index contributed by atoms with van der Waals surface area (Å²) in [5, 5.41) is 0. The molecule has 25 heavy (non-hydrogen) atoms. The molecule has 0 unspecified atom stereocenters. The Morgan fingerprint density at radius 3 is 2.80 bits per heavy atom. The molecule has 1 fully saturated rings. The van der Waals surface area contributed by atoms with Crippen LogP contribution in [-0.4, -0.2) is 63.1 Å². The lowest BCUT2D eigenvalue weighted by Crippen LogP contribution is -2.42. The summed E-state index contributed by atoms with van der Waals surface area (Å²) in [5.74, 6) is -0.0469. The third kappa shape index (κ3) is 6.35. The van der Waals surface area contributed by atoms with E-state index in [-0.39, 0.29) is 29.9 Å². The fraction of sp³-hybridized carbons (Fsp3) is 0.625. The minimum atomic E-state index is -3.62. The van der Waals surface area contributed by atoms with Gasteiger partial charge in [-0.3, -0.25) is 9.78 Å². The van der Waals surface area contributed by atoms with Crippen LogP contribution in [-0.2, 0) is 19.6 Å². The van der Waals surface area contributed by atoms with Gasteiger partial charge in [0.15, 0.2) is 0 Å². The molecule has 9 heteroatoms. The fourth-order valence-corrected chi connectivity index (χ4v) is 3.64. The second-order valence-corrected chi connectivity index (χ2v) is 7.70. The van der Waals surface area contributed by atoms with Crippen molar-refractivity contribution in [3.05, 3.63) is 24.5 Å². The molecule has 0 aromatic carbocycles. The maximum absolute atomic E-state index is 12.2. The number of nitrogens with two attached hydrogens (primary N) is 1. The summed E-state index contributed by atoms with van der Waals surface area (Å²) in [6, 6.07) is 3.02. The zero-order valence-corrected chi connectivity index (χ0v) is 15.1. The molecule has 2 rings (SSSR count). The molecule has 0 aliphatic carbocycles. The highest BCUT2D eigenvalue weighted by molar-refractivity contribution is 7.89. The first kappa shape index (κ1) is 19.8. The van der Waals surface area contributed by atoms with Crippen LogP contribution in [0.4, 0.5) is 0 Å². The molecule has 1 saturated heterocycles. The van der Waals surface area contributed by atoms with Gasteiger partial charge in [0, 0.05) is 45.1 Å². The minimum Gasteiger partial charge on any atom is -0.378 e. The van der Waals surface area contributed by atoms with Crippen LogP contribution < -0.4 is 10.5 Å². The first-order valence-electron chi connectivity index (χ1n) is 8.52. The highest BCUT2D eigenvalue weighted by Gasteiger charge is 2.23. The Bertz CT molecular complexity index is 631. The summed E-state index contributed by atoms with van der Waals surface area (Å²) in [7, 11) is -3.62. The number of amides is 1. The fourth-order valence-electron chi connectivity index (χ4n) is 2.65. The van der Waals surface area contributed by atoms with E-state index in [9.17, 15) is 13.2 Å². The normalized spacial score (nSPS) is 16.1. The zero-order valence-electron chi connectivity index (χ0n) is 14.3. The van der Waals surface area contributed by atoms with Crippen molar-refractivity contribution in [1.29, 1.82) is 0 Å². The van der Waals surface area contributed by atoms with Crippen molar-refractivity contribution in [2.24, 2.45) is 5.73 Å². The monoisotopic (exact) mass is 370 g/mol. The van der Waals surface area contributed by atoms with Gasteiger partial charge in [-0.05, 0) is 37.9 Å². The van der Waals surface area contributed by atoms with Crippen molar-refractivity contribution in [3.63, 3.8) is 0 Å². The summed E-state index contributed by atoms with van der Waals surface area (Å²) in [4.78, 5) is 17.9. The van der Waals surface area contributed by atoms with Gasteiger partial charge < -0.3 is 15.4 Å². The van der Waals surface area contributed by atoms with E-state index in [0.29, 0.717) is 26.2 Å². The predicted octanol–water partition coefficient (Wildman–Crippen LogP) is 0.106. The molecule has 3 N–H and O–H groups in total. The number of sulfonamides is 1. The summed E-state index contributed by atoms with van der Waals surface area (Å²) in [5.41, 5.74) is 5.44. The molecule has 1 aromatic rings. The first-order valence-corrected chi connectivity index (χ1v) is 10.0. The third-order valence-corrected chi connectivity index (χ3v) is 5.52. The standard InChI is InChI=1S/C16H26N4O4S/c17-7-2-12-24-14-5-10-20(11-6-14)16(21)4-9-19-25(22,23)15-3-1-8-18-13-15/h1,3,8,13-14,19H,2,4-7,9-12,17H2. The summed E-state index contributed by atoms with van der Waals surface area (Å²) >= 11 is 0. The number of likely N-dealkylation sites (tertiary alicyclic amines) is 1. The quantitative estimate of drug-likeness (QED) is 0.596. The maximum Gasteiger partial charge on any atom is 0.242 e. The molecular formula is C16H26N4O4S. The number of piperidine rings is 1. The molecule has 0 saturated carbocycles. The van der Waals surface area contributed by atoms with Crippen molar-refractivity contribution in [1.82, 2.24) is 14.6 Å². The van der Waals surface area contributed by atoms with Crippen LogP contribution in [0.2, 0.25) is 0 Å². The largest absolute Gasteiger partial charge is 0.378 e. The Morgan fingerprint density at radius 1 is 1.40 bits per heavy atom. The van der Waals surface area contributed by atoms with Crippen molar-refractivity contribution in [2.75, 3.05) is 32.8 Å². The lowest BCUT2D eigenvalue weighted by Gasteiger charge is -2.32. The number of nitrogens with one attached hydrogen (secondary N) is 1. The number of nitrogens with zero attached hydrogens (tertiary/aromatic N) is 2. The van der Waals surface area contributed by atoms with Gasteiger partial charge in [-0.2, -0.15) is 0 Å². The van der Waals surface area contributed by atoms with Crippen LogP contribution in [0.5, 0.6) is 0 Å². The van der Waals surface area contributed by atoms with Gasteiger partial charge >= 0.3 is 0 Å². The number of rotatable bonds is 9. The van der Waals surface area contributed by atoms with E-state index in [0.717, 1.165) is 19.3 Å². The van der Waals surface area contributed by atoms with Gasteiger partial charge in [0.05, 0.1) is 6.10 Å². The number of carbonyl (C=O) groups excluding carboxylic acids is 1. The zero-order chi connectivity index (χ0) is 18.1. The van der Waals surface area contributed by atoms with Crippen molar-refractivity contribution < 1.29 is 17.9 Å². The highest BCUT2D eigenvalue weighted by atomic mass is 32.2. The van der Waals surface area contributed by atoms with Gasteiger partial charge in [-0.15, -0.1) is 0 Å². The first-order chi connectivity index (χ1) is 12.0. The van der Waals surface area contributed by atoms with Gasteiger partial charge in [0.25, 0.3) is 0 Å². The average molecular weight is 370 g/mol. The van der Waals surface area contributed by atoms with Crippen LogP contribution in [0.25, 0.3) is 0 Å². The van der Waals surface area contributed by atoms with Crippen LogP contribution in [0.3, 0.4) is 0 Å². The molecule has 0 radical (unpaired) electrons. The van der Waals surface area contributed by atoms with Crippen LogP contribution in [0.15, 0.2) is 29.4 Å². The number of hydrogen-bond acceptors (Lipinski definition) is 6. The Hall–Kier alpha value is -1.55. The van der Waals surface area contributed by atoms with Crippen molar-refractivity contribution in [3.8, 4) is 0 Å². The van der Waals surface area contributed by atoms with Crippen molar-refractivity contribution >= 4 is 15.9 Å². The van der Waals surface area contributed by atoms with E-state index in [4.69, 9.17) is 10.5 Å². The number of ether oxygens (including phenoxy) is 1. The molecule has 0 bridgehead atoms. The minimum absolute atomic E-state index is 0.0469. The average Bonchev–Trinajstić information content (AvgIpc) is 2.63. The van der Waals surface area contributed by atoms with E-state index in [1.807, 2.05) is 0 Å². The molecule has 1 amide bonds. The third-order valence-electron chi connectivity index (χ3n) is 4.07. The van der Waals surface area contributed by atoms with Gasteiger partial charge in [-0.25, -0.2) is 13.1 Å². The SMILES string of the molecule is NCCCOC1CCN(C(=O)CCNS(=O)(=O)c2cccnc2)CC1. The highest BCUT2D eigenvalue weighted by Crippen LogP contribution is 2.15. The van der Waals surface area contributed by atoms with Crippen LogP contribution in [0.1, 0.15) is 25.7 Å². The Labute approximate surface area is 148 Å². The molecule has 1 aromatic heterocycles. The van der Waals surface area contributed by atoms with E-state index >= 15 is 0 Å². The number of pyridine rings is 1. The van der Waals surface area contributed by atoms with Gasteiger partial charge in [0.1, 0.15) is 4.90 Å². The van der Waals surface area contributed by atoms with Crippen LogP contribution >= 0.6 is 0 Å². The second kappa shape index (κ2) is 9.81. The maximum atomic E-state index is 12.2. The summed E-state index contributed by atoms with van der Waals surface area (Å²) in [6.45, 7) is 2.63. The molecule has 140 valence electrons. The molecule has 1 aliphatic heterocycles. The van der Waals surface area contributed by atoms with Crippen molar-refractivity contribution in [2.45, 2.75) is 36.7 Å². The predicted molar refractivity (Wildman–Crippen MR) is 93.3 cm³/mol. The molecule has 1 aliphatic rings. The lowest BCUT2D eigenvalue weighted by molar-refractivity contribution is -0.133. The van der Waals surface area contributed by atoms with Gasteiger partial charge in [-0.1, -0.05) is 0 Å². The molecule has 8 nitrogen and oxygen atoms in total. The van der Waals surface area contributed by atoms with E-state index in [1.165, 1.54) is 18.5 Å². The second-order valence-electron chi connectivity index (χ2n) is 5.93. The Kier molecular flexibility index (Phi) is 7.76. The van der Waals surface area contributed by atoms with E-state index < -0.39 is 10.0 Å². The topological polar surface area (TPSA) is 115 Å². The molecular weight excluding hydrogens is 344 g/mol. The van der Waals surface area contributed by atoms with E-state index in [1.54, 1.807) is 11.0 Å². The number of aromatic nitrogens is 1. The summed E-state index contributed by atoms with van der Waals surface area (Å²) < 4.78 is 32.3. The molecule has 0 spiro atoms. The van der Waals surface area contributed by atoms with Crippen LogP contribution in [0, 0.1) is 0 Å². The lowest BCUT2D eigenvalue weighted by atomic mass is 10.1. The Balaban J connectivity index is 1.69. The van der Waals surface area contributed by atoms with Gasteiger partial charge in [0.2, 0.25) is 15.9 Å². The number of hydrogen-bond donors (Lipinski definition) is 2. The smallest absolute Gasteiger partial charge is 0.242 e. The molecule has 2 heterocycles. The van der Waals surface area contributed by atoms with E-state index in [2.05, 4.69) is 9.71 Å². The molecule has 0 atom stereocenters. The number of carbonyl (C=O) groups is 1. The Morgan fingerprint density at radius 2 is 2.16 bits per heavy atom. The summed E-state index contributed by atoms with van der Waals surface area (Å²) in [6.07, 6.45) is 5.55.